The summed E-state index contributed by atoms with van der Waals surface area (Å²) in [5.74, 6) is 0. The van der Waals surface area contributed by atoms with Crippen molar-refractivity contribution < 1.29 is 0 Å². The molecule has 82 valence electrons. The molecule has 0 aliphatic carbocycles. The van der Waals surface area contributed by atoms with Gasteiger partial charge in [-0.15, -0.1) is 0 Å². The monoisotopic (exact) mass is 223 g/mol. The van der Waals surface area contributed by atoms with E-state index in [0.717, 1.165) is 13.0 Å². The van der Waals surface area contributed by atoms with Gasteiger partial charge in [-0.3, -0.25) is 4.98 Å². The molecule has 0 fully saturated rings. The predicted molar refractivity (Wildman–Crippen MR) is 66.8 cm³/mol. The van der Waals surface area contributed by atoms with Gasteiger partial charge in [0.2, 0.25) is 0 Å². The van der Waals surface area contributed by atoms with E-state index in [1.54, 1.807) is 6.20 Å². The molecule has 1 aromatic heterocycles. The number of thiocarbonyl (C=S) groups is 1. The minimum atomic E-state index is 0.378. The summed E-state index contributed by atoms with van der Waals surface area (Å²) in [6.45, 7) is 4.97. The quantitative estimate of drug-likeness (QED) is 0.759. The summed E-state index contributed by atoms with van der Waals surface area (Å²) in [5, 5.41) is 7.01. The zero-order valence-corrected chi connectivity index (χ0v) is 9.97. The van der Waals surface area contributed by atoms with Gasteiger partial charge in [-0.1, -0.05) is 6.07 Å². The summed E-state index contributed by atoms with van der Waals surface area (Å²) in [7, 11) is 0. The Bertz CT molecular complexity index is 298. The molecular formula is C11H17N3S. The van der Waals surface area contributed by atoms with Crippen molar-refractivity contribution in [1.29, 1.82) is 0 Å². The van der Waals surface area contributed by atoms with Crippen molar-refractivity contribution >= 4 is 17.3 Å². The highest BCUT2D eigenvalue weighted by Gasteiger charge is 1.97. The lowest BCUT2D eigenvalue weighted by atomic mass is 10.2. The maximum Gasteiger partial charge on any atom is 0.166 e. The van der Waals surface area contributed by atoms with Crippen LogP contribution in [0.2, 0.25) is 0 Å². The molecule has 0 aromatic carbocycles. The highest BCUT2D eigenvalue weighted by molar-refractivity contribution is 7.80. The van der Waals surface area contributed by atoms with E-state index in [4.69, 9.17) is 12.2 Å². The van der Waals surface area contributed by atoms with E-state index in [9.17, 15) is 0 Å². The third kappa shape index (κ3) is 5.32. The molecule has 0 saturated heterocycles. The topological polar surface area (TPSA) is 37.0 Å². The van der Waals surface area contributed by atoms with Crippen molar-refractivity contribution in [1.82, 2.24) is 15.6 Å². The molecule has 2 N–H and O–H groups in total. The predicted octanol–water partition coefficient (Wildman–Crippen LogP) is 1.50. The molecule has 1 heterocycles. The number of hydrogen-bond acceptors (Lipinski definition) is 2. The zero-order chi connectivity index (χ0) is 11.1. The van der Waals surface area contributed by atoms with Crippen LogP contribution in [0.1, 0.15) is 19.4 Å². The molecule has 0 radical (unpaired) electrons. The van der Waals surface area contributed by atoms with Crippen LogP contribution in [0.3, 0.4) is 0 Å². The molecule has 1 aromatic rings. The molecule has 0 saturated carbocycles. The number of nitrogens with one attached hydrogen (secondary N) is 2. The van der Waals surface area contributed by atoms with Crippen LogP contribution >= 0.6 is 12.2 Å². The fraction of sp³-hybridized carbons (Fsp3) is 0.455. The fourth-order valence-electron chi connectivity index (χ4n) is 1.18. The Morgan fingerprint density at radius 3 is 2.93 bits per heavy atom. The largest absolute Gasteiger partial charge is 0.362 e. The maximum absolute atomic E-state index is 5.11. The molecule has 0 aliphatic heterocycles. The van der Waals surface area contributed by atoms with Gasteiger partial charge in [0.15, 0.2) is 5.11 Å². The van der Waals surface area contributed by atoms with Crippen molar-refractivity contribution in [2.45, 2.75) is 26.3 Å². The minimum Gasteiger partial charge on any atom is -0.362 e. The Morgan fingerprint density at radius 1 is 1.53 bits per heavy atom. The van der Waals surface area contributed by atoms with Gasteiger partial charge < -0.3 is 10.6 Å². The van der Waals surface area contributed by atoms with Gasteiger partial charge in [0.05, 0.1) is 0 Å². The van der Waals surface area contributed by atoms with E-state index in [-0.39, 0.29) is 0 Å². The van der Waals surface area contributed by atoms with Crippen LogP contribution in [-0.4, -0.2) is 22.7 Å². The van der Waals surface area contributed by atoms with E-state index in [1.165, 1.54) is 5.56 Å². The highest BCUT2D eigenvalue weighted by Crippen LogP contribution is 1.95. The number of nitrogens with zero attached hydrogens (tertiary/aromatic N) is 1. The van der Waals surface area contributed by atoms with Crippen molar-refractivity contribution in [3.05, 3.63) is 30.1 Å². The van der Waals surface area contributed by atoms with Crippen molar-refractivity contribution in [2.24, 2.45) is 0 Å². The lowest BCUT2D eigenvalue weighted by Crippen LogP contribution is -2.40. The molecule has 0 atom stereocenters. The van der Waals surface area contributed by atoms with E-state index in [1.807, 2.05) is 12.3 Å². The standard InChI is InChI=1S/C11H17N3S/c1-9(2)14-11(15)13-7-5-10-4-3-6-12-8-10/h3-4,6,8-9H,5,7H2,1-2H3,(H2,13,14,15). The number of hydrogen-bond donors (Lipinski definition) is 2. The highest BCUT2D eigenvalue weighted by atomic mass is 32.1. The third-order valence-electron chi connectivity index (χ3n) is 1.84. The summed E-state index contributed by atoms with van der Waals surface area (Å²) in [6.07, 6.45) is 4.59. The van der Waals surface area contributed by atoms with Gasteiger partial charge in [0.1, 0.15) is 0 Å². The summed E-state index contributed by atoms with van der Waals surface area (Å²) in [5.41, 5.74) is 1.22. The Balaban J connectivity index is 2.19. The molecular weight excluding hydrogens is 206 g/mol. The molecule has 4 heteroatoms. The van der Waals surface area contributed by atoms with Gasteiger partial charge in [-0.25, -0.2) is 0 Å². The summed E-state index contributed by atoms with van der Waals surface area (Å²) >= 11 is 5.11. The van der Waals surface area contributed by atoms with Gasteiger partial charge in [-0.2, -0.15) is 0 Å². The maximum atomic E-state index is 5.11. The molecule has 0 spiro atoms. The van der Waals surface area contributed by atoms with E-state index < -0.39 is 0 Å². The molecule has 15 heavy (non-hydrogen) atoms. The Kier molecular flexibility index (Phi) is 5.04. The average Bonchev–Trinajstić information content (AvgIpc) is 2.18. The first-order chi connectivity index (χ1) is 7.18. The first-order valence-electron chi connectivity index (χ1n) is 5.12. The first-order valence-corrected chi connectivity index (χ1v) is 5.52. The fourth-order valence-corrected chi connectivity index (χ4v) is 1.52. The lowest BCUT2D eigenvalue weighted by molar-refractivity contribution is 0.710. The van der Waals surface area contributed by atoms with Crippen LogP contribution in [0.15, 0.2) is 24.5 Å². The van der Waals surface area contributed by atoms with Gasteiger partial charge in [0.25, 0.3) is 0 Å². The minimum absolute atomic E-state index is 0.378. The van der Waals surface area contributed by atoms with Crippen molar-refractivity contribution in [3.8, 4) is 0 Å². The van der Waals surface area contributed by atoms with Gasteiger partial charge in [0, 0.05) is 25.0 Å². The Hall–Kier alpha value is -1.16. The lowest BCUT2D eigenvalue weighted by Gasteiger charge is -2.12. The number of pyridine rings is 1. The van der Waals surface area contributed by atoms with E-state index >= 15 is 0 Å². The third-order valence-corrected chi connectivity index (χ3v) is 2.10. The second-order valence-corrected chi connectivity index (χ2v) is 4.07. The SMILES string of the molecule is CC(C)NC(=S)NCCc1cccnc1. The smallest absolute Gasteiger partial charge is 0.166 e. The van der Waals surface area contributed by atoms with Crippen LogP contribution in [0, 0.1) is 0 Å². The van der Waals surface area contributed by atoms with E-state index in [2.05, 4.69) is 35.5 Å². The summed E-state index contributed by atoms with van der Waals surface area (Å²) in [6, 6.07) is 4.39. The Labute approximate surface area is 96.3 Å². The molecule has 0 unspecified atom stereocenters. The van der Waals surface area contributed by atoms with Gasteiger partial charge in [-0.05, 0) is 44.1 Å². The van der Waals surface area contributed by atoms with Crippen LogP contribution in [0.4, 0.5) is 0 Å². The molecule has 3 nitrogen and oxygen atoms in total. The molecule has 1 rings (SSSR count). The van der Waals surface area contributed by atoms with E-state index in [0.29, 0.717) is 11.2 Å². The number of aromatic nitrogens is 1. The molecule has 0 aliphatic rings. The first kappa shape index (κ1) is 11.9. The summed E-state index contributed by atoms with van der Waals surface area (Å²) in [4.78, 5) is 4.05. The van der Waals surface area contributed by atoms with Crippen LogP contribution in [-0.2, 0) is 6.42 Å². The van der Waals surface area contributed by atoms with Crippen molar-refractivity contribution in [2.75, 3.05) is 6.54 Å². The normalized spacial score (nSPS) is 10.1. The summed E-state index contributed by atoms with van der Waals surface area (Å²) < 4.78 is 0. The molecule has 0 bridgehead atoms. The van der Waals surface area contributed by atoms with Crippen LogP contribution in [0.5, 0.6) is 0 Å². The van der Waals surface area contributed by atoms with Crippen LogP contribution in [0.25, 0.3) is 0 Å². The van der Waals surface area contributed by atoms with Gasteiger partial charge >= 0.3 is 0 Å². The Morgan fingerprint density at radius 2 is 2.33 bits per heavy atom. The second-order valence-electron chi connectivity index (χ2n) is 3.67. The number of rotatable bonds is 4. The van der Waals surface area contributed by atoms with Crippen LogP contribution < -0.4 is 10.6 Å². The molecule has 0 amide bonds. The average molecular weight is 223 g/mol. The second kappa shape index (κ2) is 6.35. The zero-order valence-electron chi connectivity index (χ0n) is 9.16. The van der Waals surface area contributed by atoms with Crippen molar-refractivity contribution in [3.63, 3.8) is 0 Å².